The Kier molecular flexibility index (Phi) is 2.03. The second kappa shape index (κ2) is 3.20. The van der Waals surface area contributed by atoms with Crippen molar-refractivity contribution >= 4 is 0 Å². The monoisotopic (exact) mass is 173 g/mol. The van der Waals surface area contributed by atoms with E-state index in [1.165, 1.54) is 5.56 Å². The van der Waals surface area contributed by atoms with Gasteiger partial charge in [-0.25, -0.2) is 0 Å². The van der Waals surface area contributed by atoms with E-state index in [0.717, 1.165) is 18.4 Å². The van der Waals surface area contributed by atoms with Gasteiger partial charge in [0.05, 0.1) is 18.1 Å². The molecule has 1 aromatic rings. The zero-order valence-corrected chi connectivity index (χ0v) is 7.27. The second-order valence-electron chi connectivity index (χ2n) is 3.42. The van der Waals surface area contributed by atoms with Crippen molar-refractivity contribution in [2.75, 3.05) is 0 Å². The highest BCUT2D eigenvalue weighted by atomic mass is 16.3. The predicted octanol–water partition coefficient (Wildman–Crippen LogP) is 1.81. The summed E-state index contributed by atoms with van der Waals surface area (Å²) in [5, 5.41) is 18.6. The van der Waals surface area contributed by atoms with E-state index >= 15 is 0 Å². The van der Waals surface area contributed by atoms with Crippen molar-refractivity contribution in [3.63, 3.8) is 0 Å². The van der Waals surface area contributed by atoms with Gasteiger partial charge in [-0.2, -0.15) is 5.26 Å². The van der Waals surface area contributed by atoms with Crippen molar-refractivity contribution < 1.29 is 5.11 Å². The van der Waals surface area contributed by atoms with Crippen LogP contribution in [0.15, 0.2) is 24.3 Å². The summed E-state index contributed by atoms with van der Waals surface area (Å²) in [7, 11) is 0. The van der Waals surface area contributed by atoms with Crippen molar-refractivity contribution in [2.24, 2.45) is 5.92 Å². The molecule has 1 aliphatic carbocycles. The lowest BCUT2D eigenvalue weighted by Gasteiger charge is -2.25. The normalized spacial score (nSPS) is 26.2. The molecule has 2 atom stereocenters. The van der Waals surface area contributed by atoms with Crippen LogP contribution in [0.4, 0.5) is 0 Å². The molecule has 2 nitrogen and oxygen atoms in total. The molecule has 66 valence electrons. The van der Waals surface area contributed by atoms with Crippen LogP contribution in [0.5, 0.6) is 0 Å². The largest absolute Gasteiger partial charge is 0.387 e. The van der Waals surface area contributed by atoms with Gasteiger partial charge in [0.2, 0.25) is 0 Å². The summed E-state index contributed by atoms with van der Waals surface area (Å²) in [5.74, 6) is -0.227. The van der Waals surface area contributed by atoms with Crippen LogP contribution in [-0.2, 0) is 6.42 Å². The quantitative estimate of drug-likeness (QED) is 0.650. The third kappa shape index (κ3) is 1.32. The number of aliphatic hydroxyl groups excluding tert-OH is 1. The molecule has 0 amide bonds. The fourth-order valence-corrected chi connectivity index (χ4v) is 1.87. The van der Waals surface area contributed by atoms with Crippen LogP contribution in [0.25, 0.3) is 0 Å². The topological polar surface area (TPSA) is 44.0 Å². The van der Waals surface area contributed by atoms with Crippen LogP contribution in [0, 0.1) is 17.2 Å². The summed E-state index contributed by atoms with van der Waals surface area (Å²) < 4.78 is 0. The Hall–Kier alpha value is -1.33. The molecule has 0 spiro atoms. The molecule has 1 aromatic carbocycles. The van der Waals surface area contributed by atoms with E-state index in [0.29, 0.717) is 0 Å². The molecule has 0 heterocycles. The molecule has 2 rings (SSSR count). The van der Waals surface area contributed by atoms with E-state index in [-0.39, 0.29) is 5.92 Å². The summed E-state index contributed by atoms with van der Waals surface area (Å²) in [5.41, 5.74) is 2.11. The lowest BCUT2D eigenvalue weighted by molar-refractivity contribution is 0.121. The number of hydrogen-bond donors (Lipinski definition) is 1. The molecule has 0 aliphatic heterocycles. The summed E-state index contributed by atoms with van der Waals surface area (Å²) in [6, 6.07) is 9.95. The van der Waals surface area contributed by atoms with E-state index in [1.807, 2.05) is 24.3 Å². The minimum absolute atomic E-state index is 0.227. The smallest absolute Gasteiger partial charge is 0.0950 e. The highest BCUT2D eigenvalue weighted by Gasteiger charge is 2.26. The van der Waals surface area contributed by atoms with Crippen LogP contribution >= 0.6 is 0 Å². The number of fused-ring (bicyclic) bond motifs is 1. The molecule has 0 bridgehead atoms. The molecule has 13 heavy (non-hydrogen) atoms. The molecular weight excluding hydrogens is 162 g/mol. The Labute approximate surface area is 77.4 Å². The zero-order chi connectivity index (χ0) is 9.26. The molecule has 2 unspecified atom stereocenters. The van der Waals surface area contributed by atoms with Crippen LogP contribution in [-0.4, -0.2) is 5.11 Å². The van der Waals surface area contributed by atoms with Gasteiger partial charge in [-0.05, 0) is 24.0 Å². The van der Waals surface area contributed by atoms with Crippen LogP contribution < -0.4 is 0 Å². The molecule has 1 aliphatic rings. The number of benzene rings is 1. The maximum Gasteiger partial charge on any atom is 0.0950 e. The average molecular weight is 173 g/mol. The van der Waals surface area contributed by atoms with Gasteiger partial charge in [-0.3, -0.25) is 0 Å². The van der Waals surface area contributed by atoms with Crippen LogP contribution in [0.3, 0.4) is 0 Å². The summed E-state index contributed by atoms with van der Waals surface area (Å²) in [4.78, 5) is 0. The zero-order valence-electron chi connectivity index (χ0n) is 7.27. The van der Waals surface area contributed by atoms with E-state index in [9.17, 15) is 5.11 Å². The minimum Gasteiger partial charge on any atom is -0.387 e. The highest BCUT2D eigenvalue weighted by Crippen LogP contribution is 2.33. The van der Waals surface area contributed by atoms with Gasteiger partial charge >= 0.3 is 0 Å². The predicted molar refractivity (Wildman–Crippen MR) is 48.8 cm³/mol. The van der Waals surface area contributed by atoms with Gasteiger partial charge in [0.15, 0.2) is 0 Å². The lowest BCUT2D eigenvalue weighted by atomic mass is 9.82. The molecule has 2 heteroatoms. The first-order chi connectivity index (χ1) is 6.33. The van der Waals surface area contributed by atoms with Crippen molar-refractivity contribution in [1.82, 2.24) is 0 Å². The number of nitriles is 1. The Morgan fingerprint density at radius 1 is 1.38 bits per heavy atom. The average Bonchev–Trinajstić information content (AvgIpc) is 2.19. The molecule has 0 radical (unpaired) electrons. The van der Waals surface area contributed by atoms with Crippen molar-refractivity contribution in [2.45, 2.75) is 18.9 Å². The summed E-state index contributed by atoms with van der Waals surface area (Å²) in [6.45, 7) is 0. The first kappa shape index (κ1) is 8.28. The molecular formula is C11H11NO. The van der Waals surface area contributed by atoms with Gasteiger partial charge < -0.3 is 5.11 Å². The Morgan fingerprint density at radius 3 is 2.92 bits per heavy atom. The third-order valence-electron chi connectivity index (χ3n) is 2.65. The number of hydrogen-bond acceptors (Lipinski definition) is 2. The van der Waals surface area contributed by atoms with Crippen LogP contribution in [0.2, 0.25) is 0 Å². The van der Waals surface area contributed by atoms with E-state index in [4.69, 9.17) is 5.26 Å². The molecule has 1 N–H and O–H groups in total. The molecule has 0 saturated carbocycles. The van der Waals surface area contributed by atoms with Crippen molar-refractivity contribution in [3.8, 4) is 6.07 Å². The molecule has 0 aromatic heterocycles. The van der Waals surface area contributed by atoms with Gasteiger partial charge in [-0.1, -0.05) is 24.3 Å². The van der Waals surface area contributed by atoms with Gasteiger partial charge in [0.1, 0.15) is 0 Å². The van der Waals surface area contributed by atoms with Gasteiger partial charge in [0.25, 0.3) is 0 Å². The maximum atomic E-state index is 9.80. The first-order valence-corrected chi connectivity index (χ1v) is 4.48. The second-order valence-corrected chi connectivity index (χ2v) is 3.42. The Balaban J connectivity index is 2.40. The van der Waals surface area contributed by atoms with Crippen molar-refractivity contribution in [3.05, 3.63) is 35.4 Å². The first-order valence-electron chi connectivity index (χ1n) is 4.48. The lowest BCUT2D eigenvalue weighted by Crippen LogP contribution is -2.18. The summed E-state index contributed by atoms with van der Waals surface area (Å²) >= 11 is 0. The Morgan fingerprint density at radius 2 is 2.15 bits per heavy atom. The molecule has 0 fully saturated rings. The van der Waals surface area contributed by atoms with E-state index in [1.54, 1.807) is 0 Å². The fraction of sp³-hybridized carbons (Fsp3) is 0.364. The maximum absolute atomic E-state index is 9.80. The van der Waals surface area contributed by atoms with E-state index < -0.39 is 6.10 Å². The third-order valence-corrected chi connectivity index (χ3v) is 2.65. The van der Waals surface area contributed by atoms with Gasteiger partial charge in [0, 0.05) is 0 Å². The minimum atomic E-state index is -0.588. The van der Waals surface area contributed by atoms with E-state index in [2.05, 4.69) is 6.07 Å². The molecule has 0 saturated heterocycles. The Bertz CT molecular complexity index is 353. The number of rotatable bonds is 0. The summed E-state index contributed by atoms with van der Waals surface area (Å²) in [6.07, 6.45) is 1.09. The number of aryl methyl sites for hydroxylation is 1. The fourth-order valence-electron chi connectivity index (χ4n) is 1.87. The number of aliphatic hydroxyl groups is 1. The van der Waals surface area contributed by atoms with Crippen molar-refractivity contribution in [1.29, 1.82) is 5.26 Å². The standard InChI is InChI=1S/C11H11NO/c12-7-9-6-5-8-3-1-2-4-10(8)11(9)13/h1-4,9,11,13H,5-6H2. The number of nitrogens with zero attached hydrogens (tertiary/aromatic N) is 1. The van der Waals surface area contributed by atoms with Gasteiger partial charge in [-0.15, -0.1) is 0 Å². The van der Waals surface area contributed by atoms with Crippen LogP contribution in [0.1, 0.15) is 23.7 Å². The highest BCUT2D eigenvalue weighted by molar-refractivity contribution is 5.32. The SMILES string of the molecule is N#CC1CCc2ccccc2C1O.